The molecule has 0 radical (unpaired) electrons. The molecule has 0 saturated heterocycles. The van der Waals surface area contributed by atoms with Gasteiger partial charge in [0.25, 0.3) is 0 Å². The van der Waals surface area contributed by atoms with Gasteiger partial charge in [-0.15, -0.1) is 0 Å². The van der Waals surface area contributed by atoms with Crippen LogP contribution in [0.15, 0.2) is 71.8 Å². The maximum absolute atomic E-state index is 13.6. The highest BCUT2D eigenvalue weighted by molar-refractivity contribution is 6.31. The largest absolute Gasteiger partial charge is 0.488 e. The molecule has 0 atom stereocenters. The van der Waals surface area contributed by atoms with Crippen molar-refractivity contribution in [2.24, 2.45) is 5.10 Å². The number of ether oxygens (including phenoxy) is 1. The van der Waals surface area contributed by atoms with Gasteiger partial charge in [-0.25, -0.2) is 9.82 Å². The third-order valence-electron chi connectivity index (χ3n) is 4.12. The zero-order chi connectivity index (χ0) is 22.9. The second-order valence-electron chi connectivity index (χ2n) is 6.60. The molecule has 0 unspecified atom stereocenters. The van der Waals surface area contributed by atoms with E-state index < -0.39 is 24.1 Å². The van der Waals surface area contributed by atoms with E-state index in [0.29, 0.717) is 21.4 Å². The molecule has 6 nitrogen and oxygen atoms in total. The average Bonchev–Trinajstić information content (AvgIpc) is 2.75. The van der Waals surface area contributed by atoms with E-state index in [1.54, 1.807) is 36.4 Å². The first-order chi connectivity index (χ1) is 15.4. The summed E-state index contributed by atoms with van der Waals surface area (Å²) in [5.41, 5.74) is 3.65. The SMILES string of the molecule is O=C(CC(=O)Nc1ccccc1F)NN=Cc1cc(Cl)ccc1OCc1cccc(Cl)c1. The molecule has 0 aromatic heterocycles. The minimum absolute atomic E-state index is 0.00535. The molecule has 164 valence electrons. The molecular formula is C23H18Cl2FN3O3. The van der Waals surface area contributed by atoms with Crippen molar-refractivity contribution in [1.82, 2.24) is 5.43 Å². The Balaban J connectivity index is 1.57. The Hall–Kier alpha value is -3.42. The Labute approximate surface area is 194 Å². The second-order valence-corrected chi connectivity index (χ2v) is 7.47. The number of nitrogens with one attached hydrogen (secondary N) is 2. The highest BCUT2D eigenvalue weighted by atomic mass is 35.5. The van der Waals surface area contributed by atoms with Crippen LogP contribution in [0.5, 0.6) is 5.75 Å². The third-order valence-corrected chi connectivity index (χ3v) is 4.59. The van der Waals surface area contributed by atoms with Crippen LogP contribution in [0.25, 0.3) is 0 Å². The first-order valence-electron chi connectivity index (χ1n) is 9.44. The molecule has 0 aliphatic heterocycles. The van der Waals surface area contributed by atoms with Crippen LogP contribution in [0.1, 0.15) is 17.5 Å². The number of carbonyl (C=O) groups excluding carboxylic acids is 2. The number of benzene rings is 3. The maximum Gasteiger partial charge on any atom is 0.249 e. The van der Waals surface area contributed by atoms with Crippen LogP contribution in [0.4, 0.5) is 10.1 Å². The summed E-state index contributed by atoms with van der Waals surface area (Å²) in [4.78, 5) is 23.9. The van der Waals surface area contributed by atoms with Gasteiger partial charge in [-0.3, -0.25) is 9.59 Å². The average molecular weight is 474 g/mol. The quantitative estimate of drug-likeness (QED) is 0.268. The molecule has 3 rings (SSSR count). The minimum Gasteiger partial charge on any atom is -0.488 e. The van der Waals surface area contributed by atoms with Crippen molar-refractivity contribution in [1.29, 1.82) is 0 Å². The minimum atomic E-state index is -0.670. The lowest BCUT2D eigenvalue weighted by Crippen LogP contribution is -2.25. The van der Waals surface area contributed by atoms with Gasteiger partial charge in [0, 0.05) is 15.6 Å². The van der Waals surface area contributed by atoms with Crippen LogP contribution in [-0.2, 0) is 16.2 Å². The van der Waals surface area contributed by atoms with Crippen LogP contribution in [0.3, 0.4) is 0 Å². The van der Waals surface area contributed by atoms with Crippen LogP contribution >= 0.6 is 23.2 Å². The molecule has 0 saturated carbocycles. The van der Waals surface area contributed by atoms with Crippen molar-refractivity contribution >= 4 is 46.9 Å². The van der Waals surface area contributed by atoms with Gasteiger partial charge >= 0.3 is 0 Å². The van der Waals surface area contributed by atoms with Crippen LogP contribution in [0.2, 0.25) is 10.0 Å². The Kier molecular flexibility index (Phi) is 8.19. The number of hydrazone groups is 1. The fourth-order valence-corrected chi connectivity index (χ4v) is 3.05. The van der Waals surface area contributed by atoms with Gasteiger partial charge in [0.2, 0.25) is 11.8 Å². The van der Waals surface area contributed by atoms with Crippen molar-refractivity contribution in [3.63, 3.8) is 0 Å². The maximum atomic E-state index is 13.6. The number of hydrogen-bond donors (Lipinski definition) is 2. The summed E-state index contributed by atoms with van der Waals surface area (Å²) in [7, 11) is 0. The Bertz CT molecular complexity index is 1150. The fraction of sp³-hybridized carbons (Fsp3) is 0.0870. The highest BCUT2D eigenvalue weighted by Gasteiger charge is 2.11. The van der Waals surface area contributed by atoms with Crippen LogP contribution < -0.4 is 15.5 Å². The van der Waals surface area contributed by atoms with E-state index in [1.165, 1.54) is 24.4 Å². The zero-order valence-corrected chi connectivity index (χ0v) is 18.2. The number of amides is 2. The molecule has 9 heteroatoms. The van der Waals surface area contributed by atoms with Gasteiger partial charge in [-0.05, 0) is 48.0 Å². The molecule has 2 N–H and O–H groups in total. The first kappa shape index (κ1) is 23.2. The lowest BCUT2D eigenvalue weighted by atomic mass is 10.2. The topological polar surface area (TPSA) is 79.8 Å². The molecule has 2 amide bonds. The van der Waals surface area contributed by atoms with E-state index in [0.717, 1.165) is 5.56 Å². The summed E-state index contributed by atoms with van der Waals surface area (Å²) >= 11 is 12.0. The lowest BCUT2D eigenvalue weighted by Gasteiger charge is -2.10. The molecule has 0 bridgehead atoms. The van der Waals surface area contributed by atoms with E-state index in [9.17, 15) is 14.0 Å². The van der Waals surface area contributed by atoms with Crippen molar-refractivity contribution < 1.29 is 18.7 Å². The van der Waals surface area contributed by atoms with Gasteiger partial charge in [0.05, 0.1) is 11.9 Å². The summed E-state index contributed by atoms with van der Waals surface area (Å²) in [5, 5.41) is 7.24. The molecule has 0 aliphatic carbocycles. The van der Waals surface area contributed by atoms with Gasteiger partial charge in [-0.2, -0.15) is 5.10 Å². The Morgan fingerprint density at radius 1 is 0.969 bits per heavy atom. The second kappa shape index (κ2) is 11.3. The van der Waals surface area contributed by atoms with E-state index in [2.05, 4.69) is 15.8 Å². The molecule has 0 spiro atoms. The zero-order valence-electron chi connectivity index (χ0n) is 16.6. The van der Waals surface area contributed by atoms with Crippen LogP contribution in [-0.4, -0.2) is 18.0 Å². The monoisotopic (exact) mass is 473 g/mol. The summed E-state index contributed by atoms with van der Waals surface area (Å²) in [6, 6.07) is 17.9. The normalized spacial score (nSPS) is 10.7. The third kappa shape index (κ3) is 7.08. The summed E-state index contributed by atoms with van der Waals surface area (Å²) in [5.74, 6) is -1.44. The lowest BCUT2D eigenvalue weighted by molar-refractivity contribution is -0.126. The number of rotatable bonds is 8. The smallest absolute Gasteiger partial charge is 0.249 e. The van der Waals surface area contributed by atoms with Crippen LogP contribution in [0, 0.1) is 5.82 Å². The van der Waals surface area contributed by atoms with Crippen molar-refractivity contribution in [2.45, 2.75) is 13.0 Å². The van der Waals surface area contributed by atoms with E-state index in [1.807, 2.05) is 12.1 Å². The highest BCUT2D eigenvalue weighted by Crippen LogP contribution is 2.23. The standard InChI is InChI=1S/C23H18Cl2FN3O3/c24-17-5-3-4-15(10-17)14-32-21-9-8-18(25)11-16(21)13-27-29-23(31)12-22(30)28-20-7-2-1-6-19(20)26/h1-11,13H,12,14H2,(H,28,30)(H,29,31). The van der Waals surface area contributed by atoms with Crippen molar-refractivity contribution in [2.75, 3.05) is 5.32 Å². The number of para-hydroxylation sites is 1. The molecule has 0 heterocycles. The molecular weight excluding hydrogens is 456 g/mol. The molecule has 3 aromatic carbocycles. The van der Waals surface area contributed by atoms with E-state index >= 15 is 0 Å². The number of hydrogen-bond acceptors (Lipinski definition) is 4. The molecule has 0 aliphatic rings. The summed E-state index contributed by atoms with van der Waals surface area (Å²) < 4.78 is 19.4. The predicted molar refractivity (Wildman–Crippen MR) is 123 cm³/mol. The molecule has 32 heavy (non-hydrogen) atoms. The predicted octanol–water partition coefficient (Wildman–Crippen LogP) is 5.19. The van der Waals surface area contributed by atoms with Crippen molar-refractivity contribution in [3.05, 3.63) is 93.7 Å². The Morgan fingerprint density at radius 2 is 1.75 bits per heavy atom. The summed E-state index contributed by atoms with van der Waals surface area (Å²) in [6.45, 7) is 0.269. The molecule has 0 fully saturated rings. The number of halogens is 3. The number of nitrogens with zero attached hydrogens (tertiary/aromatic N) is 1. The van der Waals surface area contributed by atoms with Crippen molar-refractivity contribution in [3.8, 4) is 5.75 Å². The van der Waals surface area contributed by atoms with Gasteiger partial charge < -0.3 is 10.1 Å². The van der Waals surface area contributed by atoms with Gasteiger partial charge in [-0.1, -0.05) is 47.5 Å². The fourth-order valence-electron chi connectivity index (χ4n) is 2.66. The van der Waals surface area contributed by atoms with Gasteiger partial charge in [0.15, 0.2) is 0 Å². The Morgan fingerprint density at radius 3 is 2.53 bits per heavy atom. The number of anilines is 1. The summed E-state index contributed by atoms with van der Waals surface area (Å²) in [6.07, 6.45) is 0.825. The molecule has 3 aromatic rings. The van der Waals surface area contributed by atoms with E-state index in [4.69, 9.17) is 27.9 Å². The van der Waals surface area contributed by atoms with E-state index in [-0.39, 0.29) is 12.3 Å². The first-order valence-corrected chi connectivity index (χ1v) is 10.2. The number of carbonyl (C=O) groups is 2. The van der Waals surface area contributed by atoms with Gasteiger partial charge in [0.1, 0.15) is 24.6 Å².